The van der Waals surface area contributed by atoms with E-state index in [1.807, 2.05) is 17.5 Å². The van der Waals surface area contributed by atoms with Gasteiger partial charge < -0.3 is 15.2 Å². The lowest BCUT2D eigenvalue weighted by atomic mass is 9.57. The van der Waals surface area contributed by atoms with Crippen LogP contribution in [0.3, 0.4) is 0 Å². The topological polar surface area (TPSA) is 41.5 Å². The molecule has 2 heterocycles. The van der Waals surface area contributed by atoms with E-state index in [4.69, 9.17) is 4.74 Å². The van der Waals surface area contributed by atoms with Crippen molar-refractivity contribution in [1.29, 1.82) is 0 Å². The lowest BCUT2D eigenvalue weighted by Gasteiger charge is -2.55. The van der Waals surface area contributed by atoms with E-state index in [-0.39, 0.29) is 11.5 Å². The van der Waals surface area contributed by atoms with Crippen LogP contribution < -0.4 is 5.32 Å². The zero-order valence-electron chi connectivity index (χ0n) is 12.5. The van der Waals surface area contributed by atoms with Crippen molar-refractivity contribution in [3.8, 4) is 0 Å². The summed E-state index contributed by atoms with van der Waals surface area (Å²) >= 11 is 1.63. The second kappa shape index (κ2) is 5.41. The fourth-order valence-electron chi connectivity index (χ4n) is 3.97. The van der Waals surface area contributed by atoms with Crippen LogP contribution in [0.4, 0.5) is 0 Å². The summed E-state index contributed by atoms with van der Waals surface area (Å²) < 4.78 is 5.83. The summed E-state index contributed by atoms with van der Waals surface area (Å²) in [6.45, 7) is 7.67. The Morgan fingerprint density at radius 1 is 1.55 bits per heavy atom. The summed E-state index contributed by atoms with van der Waals surface area (Å²) in [4.78, 5) is 1.06. The second-order valence-electron chi connectivity index (χ2n) is 6.88. The number of aliphatic hydroxyl groups excluding tert-OH is 1. The summed E-state index contributed by atoms with van der Waals surface area (Å²) in [5.41, 5.74) is 0.212. The normalized spacial score (nSPS) is 34.3. The summed E-state index contributed by atoms with van der Waals surface area (Å²) in [6.07, 6.45) is 2.02. The van der Waals surface area contributed by atoms with E-state index in [1.54, 1.807) is 11.3 Å². The van der Waals surface area contributed by atoms with Crippen molar-refractivity contribution >= 4 is 11.3 Å². The number of thiophene rings is 1. The Labute approximate surface area is 125 Å². The Hall–Kier alpha value is -0.420. The first kappa shape index (κ1) is 14.5. The molecule has 1 aromatic heterocycles. The molecule has 4 heteroatoms. The Balaban J connectivity index is 1.55. The molecule has 1 aromatic rings. The molecular formula is C16H25NO2S. The van der Waals surface area contributed by atoms with Gasteiger partial charge in [0.15, 0.2) is 0 Å². The van der Waals surface area contributed by atoms with Crippen LogP contribution >= 0.6 is 11.3 Å². The van der Waals surface area contributed by atoms with Crippen molar-refractivity contribution in [3.05, 3.63) is 22.4 Å². The van der Waals surface area contributed by atoms with E-state index in [9.17, 15) is 5.11 Å². The summed E-state index contributed by atoms with van der Waals surface area (Å²) in [5.74, 6) is 0.659. The molecule has 20 heavy (non-hydrogen) atoms. The molecule has 0 bridgehead atoms. The van der Waals surface area contributed by atoms with E-state index in [0.717, 1.165) is 17.9 Å². The first-order chi connectivity index (χ1) is 9.50. The monoisotopic (exact) mass is 295 g/mol. The lowest BCUT2D eigenvalue weighted by molar-refractivity contribution is -0.115. The van der Waals surface area contributed by atoms with Gasteiger partial charge in [-0.15, -0.1) is 11.3 Å². The fraction of sp³-hybridized carbons (Fsp3) is 0.750. The molecule has 5 unspecified atom stereocenters. The highest BCUT2D eigenvalue weighted by Crippen LogP contribution is 2.52. The number of rotatable bonds is 5. The maximum atomic E-state index is 10.2. The van der Waals surface area contributed by atoms with E-state index < -0.39 is 0 Å². The Morgan fingerprint density at radius 3 is 3.05 bits per heavy atom. The number of fused-ring (bicyclic) bond motifs is 1. The third-order valence-corrected chi connectivity index (χ3v) is 5.99. The van der Waals surface area contributed by atoms with Gasteiger partial charge in [0, 0.05) is 34.9 Å². The van der Waals surface area contributed by atoms with Gasteiger partial charge in [-0.3, -0.25) is 0 Å². The minimum atomic E-state index is -0.351. The standard InChI is InChI=1S/C16H25NO2S/c1-10(9-12(18)13-5-4-8-20-13)17-14-11-6-7-19-15(11)16(14,2)3/h4-5,8,10-12,14-15,17-18H,6-7,9H2,1-3H3. The van der Waals surface area contributed by atoms with Crippen LogP contribution in [0.5, 0.6) is 0 Å². The van der Waals surface area contributed by atoms with Crippen LogP contribution in [0.2, 0.25) is 0 Å². The van der Waals surface area contributed by atoms with Crippen molar-refractivity contribution in [1.82, 2.24) is 5.32 Å². The number of hydrogen-bond acceptors (Lipinski definition) is 4. The predicted octanol–water partition coefficient (Wildman–Crippen LogP) is 2.96. The van der Waals surface area contributed by atoms with Gasteiger partial charge in [-0.2, -0.15) is 0 Å². The van der Waals surface area contributed by atoms with Gasteiger partial charge in [0.2, 0.25) is 0 Å². The maximum Gasteiger partial charge on any atom is 0.0896 e. The van der Waals surface area contributed by atoms with Crippen LogP contribution in [-0.4, -0.2) is 29.9 Å². The molecule has 2 aliphatic rings. The zero-order valence-corrected chi connectivity index (χ0v) is 13.3. The van der Waals surface area contributed by atoms with Gasteiger partial charge in [-0.25, -0.2) is 0 Å². The molecule has 1 aliphatic heterocycles. The molecule has 0 amide bonds. The second-order valence-corrected chi connectivity index (χ2v) is 7.86. The number of nitrogens with one attached hydrogen (secondary N) is 1. The zero-order chi connectivity index (χ0) is 14.3. The quantitative estimate of drug-likeness (QED) is 0.877. The van der Waals surface area contributed by atoms with E-state index in [2.05, 4.69) is 26.1 Å². The highest BCUT2D eigenvalue weighted by Gasteiger charge is 2.59. The molecule has 1 saturated carbocycles. The minimum Gasteiger partial charge on any atom is -0.388 e. The van der Waals surface area contributed by atoms with Crippen molar-refractivity contribution in [2.45, 2.75) is 57.9 Å². The maximum absolute atomic E-state index is 10.2. The highest BCUT2D eigenvalue weighted by molar-refractivity contribution is 7.10. The first-order valence-corrected chi connectivity index (χ1v) is 8.47. The number of hydrogen-bond donors (Lipinski definition) is 2. The highest BCUT2D eigenvalue weighted by atomic mass is 32.1. The molecule has 0 radical (unpaired) electrons. The average Bonchev–Trinajstić information content (AvgIpc) is 3.06. The van der Waals surface area contributed by atoms with Gasteiger partial charge in [-0.1, -0.05) is 19.9 Å². The van der Waals surface area contributed by atoms with Crippen molar-refractivity contribution in [3.63, 3.8) is 0 Å². The van der Waals surface area contributed by atoms with Gasteiger partial charge >= 0.3 is 0 Å². The molecule has 112 valence electrons. The van der Waals surface area contributed by atoms with E-state index in [0.29, 0.717) is 24.1 Å². The molecule has 3 nitrogen and oxygen atoms in total. The number of ether oxygens (including phenoxy) is 1. The molecule has 1 aliphatic carbocycles. The van der Waals surface area contributed by atoms with Crippen LogP contribution in [0.25, 0.3) is 0 Å². The molecule has 2 N–H and O–H groups in total. The summed E-state index contributed by atoms with van der Waals surface area (Å²) in [5, 5.41) is 16.0. The smallest absolute Gasteiger partial charge is 0.0896 e. The molecule has 0 spiro atoms. The van der Waals surface area contributed by atoms with Gasteiger partial charge in [-0.05, 0) is 31.2 Å². The van der Waals surface area contributed by atoms with Gasteiger partial charge in [0.05, 0.1) is 12.2 Å². The van der Waals surface area contributed by atoms with E-state index in [1.165, 1.54) is 6.42 Å². The molecule has 3 rings (SSSR count). The Kier molecular flexibility index (Phi) is 3.93. The largest absolute Gasteiger partial charge is 0.388 e. The van der Waals surface area contributed by atoms with Gasteiger partial charge in [0.25, 0.3) is 0 Å². The van der Waals surface area contributed by atoms with Crippen molar-refractivity contribution < 1.29 is 9.84 Å². The number of aliphatic hydroxyl groups is 1. The molecule has 2 fully saturated rings. The predicted molar refractivity (Wildman–Crippen MR) is 81.9 cm³/mol. The van der Waals surface area contributed by atoms with Gasteiger partial charge in [0.1, 0.15) is 0 Å². The van der Waals surface area contributed by atoms with Crippen LogP contribution in [0.15, 0.2) is 17.5 Å². The first-order valence-electron chi connectivity index (χ1n) is 7.59. The van der Waals surface area contributed by atoms with Crippen molar-refractivity contribution in [2.24, 2.45) is 11.3 Å². The summed E-state index contributed by atoms with van der Waals surface area (Å²) in [6, 6.07) is 4.84. The molecule has 5 atom stereocenters. The molecule has 1 saturated heterocycles. The third-order valence-electron chi connectivity index (χ3n) is 5.01. The average molecular weight is 295 g/mol. The molecule has 0 aromatic carbocycles. The van der Waals surface area contributed by atoms with Crippen LogP contribution in [0.1, 0.15) is 44.6 Å². The SMILES string of the molecule is CC(CC(O)c1cccs1)NC1C2CCOC2C1(C)C. The van der Waals surface area contributed by atoms with Crippen molar-refractivity contribution in [2.75, 3.05) is 6.61 Å². The molecular weight excluding hydrogens is 270 g/mol. The van der Waals surface area contributed by atoms with E-state index >= 15 is 0 Å². The Bertz CT molecular complexity index is 445. The lowest BCUT2D eigenvalue weighted by Crippen LogP contribution is -2.67. The third kappa shape index (κ3) is 2.43. The minimum absolute atomic E-state index is 0.212. The Morgan fingerprint density at radius 2 is 2.35 bits per heavy atom. The summed E-state index contributed by atoms with van der Waals surface area (Å²) in [7, 11) is 0. The fourth-order valence-corrected chi connectivity index (χ4v) is 4.69. The van der Waals surface area contributed by atoms with Crippen LogP contribution in [0, 0.1) is 11.3 Å². The van der Waals surface area contributed by atoms with Crippen LogP contribution in [-0.2, 0) is 4.74 Å².